The molecule has 0 aliphatic carbocycles. The van der Waals surface area contributed by atoms with Gasteiger partial charge in [-0.05, 0) is 55.0 Å². The van der Waals surface area contributed by atoms with Crippen molar-refractivity contribution < 1.29 is 0 Å². The van der Waals surface area contributed by atoms with Crippen molar-refractivity contribution in [2.75, 3.05) is 20.1 Å². The van der Waals surface area contributed by atoms with E-state index in [1.165, 1.54) is 32.4 Å². The number of likely N-dealkylation sites (tertiary alicyclic amines) is 1. The van der Waals surface area contributed by atoms with Gasteiger partial charge < -0.3 is 4.90 Å². The Hall–Kier alpha value is -0.0400. The van der Waals surface area contributed by atoms with E-state index in [1.54, 1.807) is 0 Å². The molecule has 0 N–H and O–H groups in total. The first-order valence-electron chi connectivity index (χ1n) is 7.64. The van der Waals surface area contributed by atoms with Gasteiger partial charge in [-0.3, -0.25) is 0 Å². The van der Waals surface area contributed by atoms with Gasteiger partial charge in [-0.15, -0.1) is 0 Å². The molecule has 1 aliphatic rings. The van der Waals surface area contributed by atoms with E-state index >= 15 is 0 Å². The highest BCUT2D eigenvalue weighted by Gasteiger charge is 2.41. The van der Waals surface area contributed by atoms with E-state index in [9.17, 15) is 0 Å². The maximum Gasteiger partial charge on any atom is 0.00117 e. The van der Waals surface area contributed by atoms with Gasteiger partial charge in [-0.1, -0.05) is 48.5 Å². The average molecular weight is 253 g/mol. The minimum atomic E-state index is 0.380. The van der Waals surface area contributed by atoms with E-state index in [-0.39, 0.29) is 0 Å². The van der Waals surface area contributed by atoms with Gasteiger partial charge in [0.05, 0.1) is 0 Å². The standard InChI is InChI=1S/C17H35N/c1-15(2,3)17(6,7)13-16(4,5)14-10-9-11-18(8)12-14/h14H,9-13H2,1-8H3. The van der Waals surface area contributed by atoms with Crippen molar-refractivity contribution in [2.45, 2.75) is 67.7 Å². The predicted octanol–water partition coefficient (Wildman–Crippen LogP) is 4.82. The third kappa shape index (κ3) is 3.73. The van der Waals surface area contributed by atoms with E-state index in [4.69, 9.17) is 0 Å². The number of nitrogens with zero attached hydrogens (tertiary/aromatic N) is 1. The van der Waals surface area contributed by atoms with Crippen LogP contribution in [0.4, 0.5) is 0 Å². The fourth-order valence-electron chi connectivity index (χ4n) is 3.35. The van der Waals surface area contributed by atoms with Crippen molar-refractivity contribution in [3.05, 3.63) is 0 Å². The van der Waals surface area contributed by atoms with Crippen LogP contribution in [-0.2, 0) is 0 Å². The number of piperidine rings is 1. The smallest absolute Gasteiger partial charge is 0.00117 e. The summed E-state index contributed by atoms with van der Waals surface area (Å²) in [6.07, 6.45) is 4.11. The Labute approximate surface area is 115 Å². The summed E-state index contributed by atoms with van der Waals surface area (Å²) in [6.45, 7) is 19.6. The normalized spacial score (nSPS) is 24.3. The van der Waals surface area contributed by atoms with Crippen molar-refractivity contribution in [3.63, 3.8) is 0 Å². The molecule has 0 amide bonds. The zero-order valence-corrected chi connectivity index (χ0v) is 14.1. The number of hydrogen-bond donors (Lipinski definition) is 0. The van der Waals surface area contributed by atoms with Crippen LogP contribution in [0.5, 0.6) is 0 Å². The highest BCUT2D eigenvalue weighted by atomic mass is 15.1. The molecular formula is C17H35N. The van der Waals surface area contributed by atoms with Crippen molar-refractivity contribution in [3.8, 4) is 0 Å². The first kappa shape index (κ1) is 16.0. The van der Waals surface area contributed by atoms with E-state index in [1.807, 2.05) is 0 Å². The quantitative estimate of drug-likeness (QED) is 0.697. The highest BCUT2D eigenvalue weighted by Crippen LogP contribution is 2.49. The molecule has 0 saturated carbocycles. The Morgan fingerprint density at radius 3 is 2.00 bits per heavy atom. The molecule has 0 radical (unpaired) electrons. The Kier molecular flexibility index (Phi) is 4.58. The van der Waals surface area contributed by atoms with Crippen LogP contribution >= 0.6 is 0 Å². The fourth-order valence-corrected chi connectivity index (χ4v) is 3.35. The van der Waals surface area contributed by atoms with Gasteiger partial charge in [0.1, 0.15) is 0 Å². The van der Waals surface area contributed by atoms with Gasteiger partial charge in [0.25, 0.3) is 0 Å². The first-order chi connectivity index (χ1) is 7.96. The van der Waals surface area contributed by atoms with Crippen LogP contribution in [0.25, 0.3) is 0 Å². The molecule has 0 aromatic rings. The molecule has 1 rings (SSSR count). The molecule has 0 bridgehead atoms. The van der Waals surface area contributed by atoms with Crippen LogP contribution in [0, 0.1) is 22.2 Å². The summed E-state index contributed by atoms with van der Waals surface area (Å²) < 4.78 is 0. The van der Waals surface area contributed by atoms with Gasteiger partial charge in [0.15, 0.2) is 0 Å². The second-order valence-electron chi connectivity index (χ2n) is 8.90. The molecule has 0 aromatic carbocycles. The van der Waals surface area contributed by atoms with E-state index in [0.29, 0.717) is 16.2 Å². The molecule has 1 aliphatic heterocycles. The molecule has 1 fully saturated rings. The molecule has 0 spiro atoms. The van der Waals surface area contributed by atoms with Crippen LogP contribution in [0.2, 0.25) is 0 Å². The second-order valence-corrected chi connectivity index (χ2v) is 8.90. The van der Waals surface area contributed by atoms with Crippen LogP contribution in [0.1, 0.15) is 67.7 Å². The van der Waals surface area contributed by atoms with Gasteiger partial charge >= 0.3 is 0 Å². The lowest BCUT2D eigenvalue weighted by Crippen LogP contribution is -2.43. The summed E-state index contributed by atoms with van der Waals surface area (Å²) in [5, 5.41) is 0. The molecule has 1 heteroatoms. The van der Waals surface area contributed by atoms with Crippen molar-refractivity contribution in [1.29, 1.82) is 0 Å². The molecule has 108 valence electrons. The highest BCUT2D eigenvalue weighted by molar-refractivity contribution is 4.92. The van der Waals surface area contributed by atoms with Crippen LogP contribution < -0.4 is 0 Å². The molecular weight excluding hydrogens is 218 g/mol. The maximum absolute atomic E-state index is 2.51. The summed E-state index contributed by atoms with van der Waals surface area (Å²) in [5.74, 6) is 0.859. The lowest BCUT2D eigenvalue weighted by atomic mass is 9.59. The van der Waals surface area contributed by atoms with Gasteiger partial charge in [-0.25, -0.2) is 0 Å². The summed E-state index contributed by atoms with van der Waals surface area (Å²) in [6, 6.07) is 0. The monoisotopic (exact) mass is 253 g/mol. The zero-order chi connectivity index (χ0) is 14.2. The zero-order valence-electron chi connectivity index (χ0n) is 14.1. The number of hydrogen-bond acceptors (Lipinski definition) is 1. The largest absolute Gasteiger partial charge is 0.306 e. The van der Waals surface area contributed by atoms with Crippen molar-refractivity contribution >= 4 is 0 Å². The van der Waals surface area contributed by atoms with E-state index < -0.39 is 0 Å². The second kappa shape index (κ2) is 5.15. The molecule has 1 unspecified atom stereocenters. The first-order valence-corrected chi connectivity index (χ1v) is 7.64. The summed E-state index contributed by atoms with van der Waals surface area (Å²) in [4.78, 5) is 2.51. The van der Waals surface area contributed by atoms with Crippen molar-refractivity contribution in [1.82, 2.24) is 4.90 Å². The fraction of sp³-hybridized carbons (Fsp3) is 1.00. The minimum Gasteiger partial charge on any atom is -0.306 e. The lowest BCUT2D eigenvalue weighted by Gasteiger charge is -2.48. The number of rotatable bonds is 3. The van der Waals surface area contributed by atoms with Gasteiger partial charge in [0, 0.05) is 6.54 Å². The van der Waals surface area contributed by atoms with Gasteiger partial charge in [0.2, 0.25) is 0 Å². The summed E-state index contributed by atoms with van der Waals surface area (Å²) in [5.41, 5.74) is 1.23. The Morgan fingerprint density at radius 1 is 1.00 bits per heavy atom. The Bertz CT molecular complexity index is 270. The minimum absolute atomic E-state index is 0.380. The van der Waals surface area contributed by atoms with Crippen LogP contribution in [0.15, 0.2) is 0 Å². The average Bonchev–Trinajstić information content (AvgIpc) is 2.14. The van der Waals surface area contributed by atoms with Gasteiger partial charge in [-0.2, -0.15) is 0 Å². The van der Waals surface area contributed by atoms with E-state index in [2.05, 4.69) is 60.4 Å². The van der Waals surface area contributed by atoms with Crippen molar-refractivity contribution in [2.24, 2.45) is 22.2 Å². The molecule has 1 nitrogen and oxygen atoms in total. The lowest BCUT2D eigenvalue weighted by molar-refractivity contribution is 0.0151. The SMILES string of the molecule is CN1CCCC(C(C)(C)CC(C)(C)C(C)(C)C)C1. The topological polar surface area (TPSA) is 3.24 Å². The predicted molar refractivity (Wildman–Crippen MR) is 81.9 cm³/mol. The third-order valence-corrected chi connectivity index (χ3v) is 5.66. The molecule has 18 heavy (non-hydrogen) atoms. The summed E-state index contributed by atoms with van der Waals surface area (Å²) >= 11 is 0. The molecule has 1 saturated heterocycles. The van der Waals surface area contributed by atoms with Crippen LogP contribution in [0.3, 0.4) is 0 Å². The van der Waals surface area contributed by atoms with E-state index in [0.717, 1.165) is 5.92 Å². The summed E-state index contributed by atoms with van der Waals surface area (Å²) in [7, 11) is 2.27. The third-order valence-electron chi connectivity index (χ3n) is 5.66. The Morgan fingerprint density at radius 2 is 1.56 bits per heavy atom. The molecule has 1 heterocycles. The molecule has 1 atom stereocenters. The molecule has 0 aromatic heterocycles. The maximum atomic E-state index is 2.51. The Balaban J connectivity index is 2.74. The van der Waals surface area contributed by atoms with Crippen LogP contribution in [-0.4, -0.2) is 25.0 Å².